The van der Waals surface area contributed by atoms with Gasteiger partial charge >= 0.3 is 0 Å². The second-order valence-electron chi connectivity index (χ2n) is 1.54. The molecule has 0 bridgehead atoms. The van der Waals surface area contributed by atoms with E-state index in [-0.39, 0.29) is 12.2 Å². The summed E-state index contributed by atoms with van der Waals surface area (Å²) < 4.78 is 0. The summed E-state index contributed by atoms with van der Waals surface area (Å²) in [4.78, 5) is 10.4. The molecule has 0 fully saturated rings. The lowest BCUT2D eigenvalue weighted by atomic mass is 10.2. The van der Waals surface area contributed by atoms with Gasteiger partial charge in [-0.05, 0) is 12.5 Å². The molecule has 0 saturated carbocycles. The third kappa shape index (κ3) is 2.14. The summed E-state index contributed by atoms with van der Waals surface area (Å²) >= 11 is 0. The number of nitriles is 1. The number of carbonyl (C=O) groups excluding carboxylic acids is 1. The number of allylic oxidation sites excluding steroid dienone is 1. The molecule has 0 aliphatic carbocycles. The molecule has 0 aromatic carbocycles. The summed E-state index contributed by atoms with van der Waals surface area (Å²) in [7, 11) is 0. The Morgan fingerprint density at radius 1 is 1.88 bits per heavy atom. The fourth-order valence-corrected chi connectivity index (χ4v) is 0.223. The Kier molecular flexibility index (Phi) is 2.57. The quantitative estimate of drug-likeness (QED) is 0.497. The molecule has 2 nitrogen and oxygen atoms in total. The Morgan fingerprint density at radius 2 is 2.38 bits per heavy atom. The minimum Gasteiger partial charge on any atom is -0.293 e. The van der Waals surface area contributed by atoms with Crippen molar-refractivity contribution in [3.8, 4) is 6.07 Å². The third-order valence-electron chi connectivity index (χ3n) is 0.716. The van der Waals surface area contributed by atoms with Gasteiger partial charge < -0.3 is 0 Å². The molecule has 0 aromatic rings. The van der Waals surface area contributed by atoms with E-state index in [4.69, 9.17) is 5.26 Å². The smallest absolute Gasteiger partial charge is 0.172 e. The Balaban J connectivity index is 3.71. The van der Waals surface area contributed by atoms with Gasteiger partial charge in [-0.2, -0.15) is 5.26 Å². The Labute approximate surface area is 48.4 Å². The van der Waals surface area contributed by atoms with Gasteiger partial charge in [0.1, 0.15) is 0 Å². The Bertz CT molecular complexity index is 152. The normalized spacial score (nSPS) is 7.50. The predicted molar refractivity (Wildman–Crippen MR) is 30.1 cm³/mol. The SMILES string of the molecule is C=C(C)C(=O)CC#N. The van der Waals surface area contributed by atoms with Crippen LogP contribution >= 0.6 is 0 Å². The van der Waals surface area contributed by atoms with Crippen molar-refractivity contribution in [2.45, 2.75) is 13.3 Å². The minimum absolute atomic E-state index is 0.0463. The summed E-state index contributed by atoms with van der Waals surface area (Å²) in [5.41, 5.74) is 0.451. The molecule has 0 N–H and O–H groups in total. The van der Waals surface area contributed by atoms with Crippen molar-refractivity contribution in [2.24, 2.45) is 0 Å². The predicted octanol–water partition coefficient (Wildman–Crippen LogP) is 1.05. The van der Waals surface area contributed by atoms with Crippen LogP contribution in [0.2, 0.25) is 0 Å². The fourth-order valence-electron chi connectivity index (χ4n) is 0.223. The standard InChI is InChI=1S/C6H7NO/c1-5(2)6(8)3-4-7/h1,3H2,2H3. The van der Waals surface area contributed by atoms with Crippen LogP contribution in [0.4, 0.5) is 0 Å². The molecule has 2 heteroatoms. The third-order valence-corrected chi connectivity index (χ3v) is 0.716. The number of nitrogens with zero attached hydrogens (tertiary/aromatic N) is 1. The van der Waals surface area contributed by atoms with E-state index < -0.39 is 0 Å². The highest BCUT2D eigenvalue weighted by atomic mass is 16.1. The zero-order valence-corrected chi connectivity index (χ0v) is 4.77. The Morgan fingerprint density at radius 3 is 2.50 bits per heavy atom. The van der Waals surface area contributed by atoms with Gasteiger partial charge in [0, 0.05) is 0 Å². The average Bonchev–Trinajstić information content (AvgIpc) is 1.67. The number of Topliss-reactive ketones (excluding diaryl/α,β-unsaturated/α-hetero) is 1. The van der Waals surface area contributed by atoms with Crippen molar-refractivity contribution >= 4 is 5.78 Å². The lowest BCUT2D eigenvalue weighted by Gasteiger charge is -1.86. The van der Waals surface area contributed by atoms with E-state index in [9.17, 15) is 4.79 Å². The number of ketones is 1. The largest absolute Gasteiger partial charge is 0.293 e. The molecule has 0 aliphatic heterocycles. The Hall–Kier alpha value is -1.10. The number of hydrogen-bond donors (Lipinski definition) is 0. The first-order valence-electron chi connectivity index (χ1n) is 2.24. The average molecular weight is 109 g/mol. The molecule has 0 atom stereocenters. The topological polar surface area (TPSA) is 40.9 Å². The van der Waals surface area contributed by atoms with Gasteiger partial charge in [-0.25, -0.2) is 0 Å². The van der Waals surface area contributed by atoms with Crippen LogP contribution in [0.25, 0.3) is 0 Å². The molecular weight excluding hydrogens is 102 g/mol. The summed E-state index contributed by atoms with van der Waals surface area (Å²) in [5.74, 6) is -0.174. The summed E-state index contributed by atoms with van der Waals surface area (Å²) in [5, 5.41) is 7.97. The van der Waals surface area contributed by atoms with E-state index in [0.29, 0.717) is 5.57 Å². The maximum atomic E-state index is 10.4. The summed E-state index contributed by atoms with van der Waals surface area (Å²) in [6.45, 7) is 4.97. The lowest BCUT2D eigenvalue weighted by Crippen LogP contribution is -1.94. The van der Waals surface area contributed by atoms with Crippen LogP contribution in [-0.4, -0.2) is 5.78 Å². The first-order chi connectivity index (χ1) is 3.68. The molecule has 0 aromatic heterocycles. The van der Waals surface area contributed by atoms with Gasteiger partial charge in [0.05, 0.1) is 12.5 Å². The number of hydrogen-bond acceptors (Lipinski definition) is 2. The van der Waals surface area contributed by atoms with Crippen LogP contribution in [0.3, 0.4) is 0 Å². The van der Waals surface area contributed by atoms with Gasteiger partial charge in [-0.3, -0.25) is 4.79 Å². The lowest BCUT2D eigenvalue weighted by molar-refractivity contribution is -0.114. The number of carbonyl (C=O) groups is 1. The number of rotatable bonds is 2. The molecule has 42 valence electrons. The summed E-state index contributed by atoms with van der Waals surface area (Å²) in [6, 6.07) is 1.74. The van der Waals surface area contributed by atoms with Gasteiger partial charge in [0.25, 0.3) is 0 Å². The fraction of sp³-hybridized carbons (Fsp3) is 0.333. The van der Waals surface area contributed by atoms with Crippen molar-refractivity contribution in [3.63, 3.8) is 0 Å². The van der Waals surface area contributed by atoms with Crippen LogP contribution in [0.1, 0.15) is 13.3 Å². The van der Waals surface area contributed by atoms with Crippen LogP contribution in [-0.2, 0) is 4.79 Å². The van der Waals surface area contributed by atoms with Gasteiger partial charge in [-0.1, -0.05) is 6.58 Å². The molecule has 8 heavy (non-hydrogen) atoms. The molecule has 0 spiro atoms. The second-order valence-corrected chi connectivity index (χ2v) is 1.54. The van der Waals surface area contributed by atoms with E-state index in [1.165, 1.54) is 0 Å². The summed E-state index contributed by atoms with van der Waals surface area (Å²) in [6.07, 6.45) is -0.0463. The van der Waals surface area contributed by atoms with E-state index in [2.05, 4.69) is 6.58 Å². The highest BCUT2D eigenvalue weighted by Gasteiger charge is 1.97. The maximum Gasteiger partial charge on any atom is 0.172 e. The van der Waals surface area contributed by atoms with E-state index >= 15 is 0 Å². The van der Waals surface area contributed by atoms with Gasteiger partial charge in [0.2, 0.25) is 0 Å². The molecule has 0 amide bonds. The van der Waals surface area contributed by atoms with Crippen LogP contribution in [0.15, 0.2) is 12.2 Å². The monoisotopic (exact) mass is 109 g/mol. The zero-order valence-electron chi connectivity index (χ0n) is 4.77. The van der Waals surface area contributed by atoms with Crippen LogP contribution in [0.5, 0.6) is 0 Å². The van der Waals surface area contributed by atoms with Crippen molar-refractivity contribution in [1.29, 1.82) is 5.26 Å². The highest BCUT2D eigenvalue weighted by Crippen LogP contribution is 1.91. The molecule has 0 unspecified atom stereocenters. The second kappa shape index (κ2) is 2.98. The minimum atomic E-state index is -0.174. The first kappa shape index (κ1) is 6.90. The molecule has 0 rings (SSSR count). The zero-order chi connectivity index (χ0) is 6.57. The van der Waals surface area contributed by atoms with Crippen molar-refractivity contribution in [2.75, 3.05) is 0 Å². The van der Waals surface area contributed by atoms with Gasteiger partial charge in [-0.15, -0.1) is 0 Å². The van der Waals surface area contributed by atoms with E-state index in [1.54, 1.807) is 13.0 Å². The van der Waals surface area contributed by atoms with E-state index in [0.717, 1.165) is 0 Å². The van der Waals surface area contributed by atoms with E-state index in [1.807, 2.05) is 0 Å². The van der Waals surface area contributed by atoms with Crippen molar-refractivity contribution in [3.05, 3.63) is 12.2 Å². The molecular formula is C6H7NO. The molecule has 0 heterocycles. The van der Waals surface area contributed by atoms with Crippen LogP contribution in [0, 0.1) is 11.3 Å². The molecule has 0 radical (unpaired) electrons. The molecule has 0 aliphatic rings. The first-order valence-corrected chi connectivity index (χ1v) is 2.24. The molecule has 0 saturated heterocycles. The van der Waals surface area contributed by atoms with Crippen molar-refractivity contribution in [1.82, 2.24) is 0 Å². The maximum absolute atomic E-state index is 10.4. The van der Waals surface area contributed by atoms with Crippen LogP contribution < -0.4 is 0 Å². The highest BCUT2D eigenvalue weighted by molar-refractivity contribution is 5.95. The van der Waals surface area contributed by atoms with Gasteiger partial charge in [0.15, 0.2) is 5.78 Å². The van der Waals surface area contributed by atoms with Crippen molar-refractivity contribution < 1.29 is 4.79 Å².